The molecule has 0 aromatic rings. The van der Waals surface area contributed by atoms with E-state index in [1.807, 2.05) is 0 Å². The van der Waals surface area contributed by atoms with E-state index < -0.39 is 15.1 Å². The lowest BCUT2D eigenvalue weighted by Gasteiger charge is -2.28. The summed E-state index contributed by atoms with van der Waals surface area (Å²) in [6.45, 7) is 11.3. The van der Waals surface area contributed by atoms with Crippen LogP contribution in [0.4, 0.5) is 0 Å². The van der Waals surface area contributed by atoms with Crippen LogP contribution < -0.4 is 0 Å². The molecule has 0 aliphatic rings. The largest absolute Gasteiger partial charge is 0.469 e. The normalized spacial score (nSPS) is 12.0. The van der Waals surface area contributed by atoms with Crippen LogP contribution in [-0.4, -0.2) is 41.0 Å². The molecule has 0 spiro atoms. The molecule has 0 aromatic heterocycles. The molecule has 0 radical (unpaired) electrons. The van der Waals surface area contributed by atoms with E-state index in [-0.39, 0.29) is 6.61 Å². The maximum Gasteiger partial charge on any atom is 0.469 e. The molecule has 0 bridgehead atoms. The van der Waals surface area contributed by atoms with E-state index in [0.29, 0.717) is 6.42 Å². The molecule has 178 valence electrons. The highest BCUT2D eigenvalue weighted by molar-refractivity contribution is 7.75. The molecule has 0 aromatic carbocycles. The summed E-state index contributed by atoms with van der Waals surface area (Å²) < 4.78 is 13.9. The van der Waals surface area contributed by atoms with Gasteiger partial charge in [-0.25, -0.2) is 4.57 Å². The molecule has 0 unspecified atom stereocenters. The highest BCUT2D eigenvalue weighted by Gasteiger charge is 2.34. The third-order valence-corrected chi connectivity index (χ3v) is 11.0. The summed E-state index contributed by atoms with van der Waals surface area (Å²) in [6, 6.07) is 0. The fourth-order valence-electron chi connectivity index (χ4n) is 3.67. The van der Waals surface area contributed by atoms with Gasteiger partial charge in [-0.2, -0.15) is 0 Å². The van der Waals surface area contributed by atoms with Crippen LogP contribution >= 0.6 is 15.1 Å². The van der Waals surface area contributed by atoms with Crippen LogP contribution in [0.15, 0.2) is 0 Å². The molecule has 2 N–H and O–H groups in total. The first-order valence-electron chi connectivity index (χ1n) is 12.4. The standard InChI is InChI=1S/C20H44P.C3H9O4P/c1-5-9-13-17-21(18-14-10-6-2,19-15-11-7-3)20-16-12-8-4;1-2-3-7-8(4,5)6/h5-20H2,1-4H3;2-3H2,1H3,(H2,4,5,6)/q+1;. The van der Waals surface area contributed by atoms with Crippen LogP contribution in [0.1, 0.15) is 118 Å². The van der Waals surface area contributed by atoms with Gasteiger partial charge in [0.1, 0.15) is 0 Å². The number of hydrogen-bond acceptors (Lipinski definition) is 2. The average molecular weight is 456 g/mol. The average Bonchev–Trinajstić information content (AvgIpc) is 2.67. The predicted octanol–water partition coefficient (Wildman–Crippen LogP) is 8.27. The van der Waals surface area contributed by atoms with Gasteiger partial charge >= 0.3 is 7.82 Å². The smallest absolute Gasteiger partial charge is 0.303 e. The van der Waals surface area contributed by atoms with Crippen LogP contribution in [0.5, 0.6) is 0 Å². The fraction of sp³-hybridized carbons (Fsp3) is 1.00. The van der Waals surface area contributed by atoms with E-state index in [4.69, 9.17) is 9.79 Å². The number of phosphoric acid groups is 1. The maximum absolute atomic E-state index is 9.86. The molecule has 0 aliphatic carbocycles. The van der Waals surface area contributed by atoms with E-state index in [9.17, 15) is 4.57 Å². The van der Waals surface area contributed by atoms with Crippen molar-refractivity contribution in [3.8, 4) is 0 Å². The minimum atomic E-state index is -4.18. The second-order valence-electron chi connectivity index (χ2n) is 8.39. The highest BCUT2D eigenvalue weighted by Crippen LogP contribution is 2.61. The summed E-state index contributed by atoms with van der Waals surface area (Å²) in [7, 11) is -4.80. The summed E-state index contributed by atoms with van der Waals surface area (Å²) in [4.78, 5) is 16.1. The Kier molecular flexibility index (Phi) is 23.8. The topological polar surface area (TPSA) is 66.8 Å². The van der Waals surface area contributed by atoms with Crippen molar-refractivity contribution in [2.45, 2.75) is 118 Å². The van der Waals surface area contributed by atoms with Gasteiger partial charge in [-0.1, -0.05) is 86.0 Å². The van der Waals surface area contributed by atoms with E-state index in [1.54, 1.807) is 31.6 Å². The van der Waals surface area contributed by atoms with Crippen LogP contribution in [0.3, 0.4) is 0 Å². The molecule has 0 fully saturated rings. The van der Waals surface area contributed by atoms with Gasteiger partial charge in [-0.15, -0.1) is 0 Å². The second kappa shape index (κ2) is 21.8. The first-order valence-corrected chi connectivity index (χ1v) is 16.4. The Hall–Kier alpha value is 0.540. The molecule has 0 rings (SSSR count). The molecule has 4 nitrogen and oxygen atoms in total. The van der Waals surface area contributed by atoms with E-state index >= 15 is 0 Å². The molecule has 0 aliphatic heterocycles. The summed E-state index contributed by atoms with van der Waals surface area (Å²) in [5, 5.41) is 0. The molecule has 0 heterocycles. The van der Waals surface area contributed by atoms with E-state index in [1.165, 1.54) is 77.0 Å². The van der Waals surface area contributed by atoms with Gasteiger partial charge in [0.2, 0.25) is 0 Å². The summed E-state index contributed by atoms with van der Waals surface area (Å²) in [5.74, 6) is 0. The molecule has 0 atom stereocenters. The highest BCUT2D eigenvalue weighted by atomic mass is 31.2. The fourth-order valence-corrected chi connectivity index (χ4v) is 9.01. The minimum absolute atomic E-state index is 0.115. The van der Waals surface area contributed by atoms with Crippen molar-refractivity contribution in [2.75, 3.05) is 31.3 Å². The Labute approximate surface area is 183 Å². The summed E-state index contributed by atoms with van der Waals surface area (Å²) in [6.07, 6.45) is 24.6. The van der Waals surface area contributed by atoms with Gasteiger partial charge in [0.15, 0.2) is 0 Å². The number of phosphoric ester groups is 1. The molecule has 0 amide bonds. The maximum atomic E-state index is 9.86. The zero-order chi connectivity index (χ0) is 22.4. The van der Waals surface area contributed by atoms with Gasteiger partial charge < -0.3 is 9.79 Å². The van der Waals surface area contributed by atoms with Crippen molar-refractivity contribution in [2.24, 2.45) is 0 Å². The lowest BCUT2D eigenvalue weighted by molar-refractivity contribution is 0.197. The van der Waals surface area contributed by atoms with E-state index in [2.05, 4.69) is 32.2 Å². The summed E-state index contributed by atoms with van der Waals surface area (Å²) in [5.41, 5.74) is 0. The number of unbranched alkanes of at least 4 members (excludes halogenated alkanes) is 8. The van der Waals surface area contributed by atoms with Gasteiger partial charge in [-0.05, 0) is 32.1 Å². The van der Waals surface area contributed by atoms with Crippen molar-refractivity contribution >= 4 is 15.1 Å². The molecule has 6 heteroatoms. The van der Waals surface area contributed by atoms with Gasteiger partial charge in [-0.3, -0.25) is 4.52 Å². The molecular formula is C23H53O4P2+. The Morgan fingerprint density at radius 2 is 0.897 bits per heavy atom. The predicted molar refractivity (Wildman–Crippen MR) is 133 cm³/mol. The second-order valence-corrected chi connectivity index (χ2v) is 14.1. The van der Waals surface area contributed by atoms with Crippen LogP contribution in [0.25, 0.3) is 0 Å². The Morgan fingerprint density at radius 1 is 0.586 bits per heavy atom. The van der Waals surface area contributed by atoms with Crippen molar-refractivity contribution in [1.82, 2.24) is 0 Å². The lowest BCUT2D eigenvalue weighted by Crippen LogP contribution is -2.13. The first-order chi connectivity index (χ1) is 13.8. The van der Waals surface area contributed by atoms with Crippen molar-refractivity contribution in [3.05, 3.63) is 0 Å². The minimum Gasteiger partial charge on any atom is -0.303 e. The first kappa shape index (κ1) is 31.7. The van der Waals surface area contributed by atoms with Gasteiger partial charge in [0.05, 0.1) is 31.3 Å². The Bertz CT molecular complexity index is 326. The number of hydrogen-bond donors (Lipinski definition) is 2. The number of rotatable bonds is 19. The van der Waals surface area contributed by atoms with Gasteiger partial charge in [0.25, 0.3) is 0 Å². The zero-order valence-corrected chi connectivity index (χ0v) is 22.1. The Balaban J connectivity index is 0. The van der Waals surface area contributed by atoms with Crippen LogP contribution in [0.2, 0.25) is 0 Å². The molecule has 0 saturated heterocycles. The lowest BCUT2D eigenvalue weighted by atomic mass is 10.3. The van der Waals surface area contributed by atoms with Crippen LogP contribution in [0, 0.1) is 0 Å². The zero-order valence-electron chi connectivity index (χ0n) is 20.3. The molecular weight excluding hydrogens is 402 g/mol. The third-order valence-electron chi connectivity index (χ3n) is 5.41. The summed E-state index contributed by atoms with van der Waals surface area (Å²) >= 11 is 0. The van der Waals surface area contributed by atoms with Crippen molar-refractivity contribution in [3.63, 3.8) is 0 Å². The van der Waals surface area contributed by atoms with Gasteiger partial charge in [0, 0.05) is 7.26 Å². The van der Waals surface area contributed by atoms with Crippen molar-refractivity contribution in [1.29, 1.82) is 0 Å². The van der Waals surface area contributed by atoms with Crippen molar-refractivity contribution < 1.29 is 18.9 Å². The third kappa shape index (κ3) is 23.0. The SMILES string of the molecule is CCCCC[P+](CCCCC)(CCCCC)CCCCC.CCCOP(=O)(O)O. The quantitative estimate of drug-likeness (QED) is 0.152. The van der Waals surface area contributed by atoms with Crippen LogP contribution in [-0.2, 0) is 9.09 Å². The molecule has 0 saturated carbocycles. The molecule has 29 heavy (non-hydrogen) atoms. The Morgan fingerprint density at radius 3 is 1.07 bits per heavy atom. The monoisotopic (exact) mass is 455 g/mol. The van der Waals surface area contributed by atoms with E-state index in [0.717, 1.165) is 0 Å².